The standard InChI is InChI=1S/C18H28N2O3/c1-18(10-12-7-6-8-20(12)2)11-19-13-9-14(21-3)16(22-4)17(23-5)15(13)18/h9,12,19H,6-8,10-11H2,1-5H3/t12-,18?/m1/s1. The maximum Gasteiger partial charge on any atom is 0.203 e. The lowest BCUT2D eigenvalue weighted by atomic mass is 9.77. The number of hydrogen-bond acceptors (Lipinski definition) is 5. The zero-order valence-corrected chi connectivity index (χ0v) is 14.9. The maximum absolute atomic E-state index is 5.75. The molecular weight excluding hydrogens is 292 g/mol. The number of nitrogens with zero attached hydrogens (tertiary/aromatic N) is 1. The van der Waals surface area contributed by atoms with E-state index in [1.54, 1.807) is 21.3 Å². The van der Waals surface area contributed by atoms with E-state index in [0.717, 1.165) is 24.4 Å². The largest absolute Gasteiger partial charge is 0.493 e. The Hall–Kier alpha value is -1.62. The number of rotatable bonds is 5. The van der Waals surface area contributed by atoms with Crippen molar-refractivity contribution in [1.29, 1.82) is 0 Å². The summed E-state index contributed by atoms with van der Waals surface area (Å²) < 4.78 is 16.8. The summed E-state index contributed by atoms with van der Waals surface area (Å²) in [5.74, 6) is 2.19. The van der Waals surface area contributed by atoms with Gasteiger partial charge in [-0.1, -0.05) is 6.92 Å². The van der Waals surface area contributed by atoms with Gasteiger partial charge in [0, 0.05) is 35.3 Å². The number of hydrogen-bond donors (Lipinski definition) is 1. The minimum atomic E-state index is 0.0312. The Bertz CT molecular complexity index is 590. The molecule has 0 aliphatic carbocycles. The van der Waals surface area contributed by atoms with Gasteiger partial charge in [0.15, 0.2) is 11.5 Å². The fourth-order valence-electron chi connectivity index (χ4n) is 4.20. The molecule has 0 bridgehead atoms. The lowest BCUT2D eigenvalue weighted by Gasteiger charge is -2.32. The highest BCUT2D eigenvalue weighted by Crippen LogP contribution is 2.53. The summed E-state index contributed by atoms with van der Waals surface area (Å²) in [4.78, 5) is 2.48. The zero-order chi connectivity index (χ0) is 16.6. The Morgan fingerprint density at radius 1 is 1.22 bits per heavy atom. The van der Waals surface area contributed by atoms with Crippen LogP contribution in [0, 0.1) is 0 Å². The molecule has 1 saturated heterocycles. The molecule has 2 heterocycles. The molecule has 1 fully saturated rings. The second kappa shape index (κ2) is 6.11. The van der Waals surface area contributed by atoms with Crippen molar-refractivity contribution in [3.05, 3.63) is 11.6 Å². The molecule has 2 aliphatic rings. The zero-order valence-electron chi connectivity index (χ0n) is 14.9. The van der Waals surface area contributed by atoms with Gasteiger partial charge in [-0.05, 0) is 32.9 Å². The number of ether oxygens (including phenoxy) is 3. The van der Waals surface area contributed by atoms with Gasteiger partial charge in [-0.15, -0.1) is 0 Å². The predicted molar refractivity (Wildman–Crippen MR) is 92.2 cm³/mol. The first-order valence-electron chi connectivity index (χ1n) is 8.31. The number of anilines is 1. The van der Waals surface area contributed by atoms with Crippen LogP contribution < -0.4 is 19.5 Å². The first kappa shape index (κ1) is 16.2. The molecule has 0 aromatic heterocycles. The third-order valence-electron chi connectivity index (χ3n) is 5.46. The fourth-order valence-corrected chi connectivity index (χ4v) is 4.20. The van der Waals surface area contributed by atoms with Crippen LogP contribution >= 0.6 is 0 Å². The highest BCUT2D eigenvalue weighted by molar-refractivity contribution is 5.74. The summed E-state index contributed by atoms with van der Waals surface area (Å²) in [5, 5.41) is 3.55. The summed E-state index contributed by atoms with van der Waals surface area (Å²) in [7, 11) is 7.26. The van der Waals surface area contributed by atoms with Gasteiger partial charge in [-0.3, -0.25) is 0 Å². The molecule has 1 aromatic carbocycles. The normalized spacial score (nSPS) is 26.7. The third-order valence-corrected chi connectivity index (χ3v) is 5.46. The van der Waals surface area contributed by atoms with Gasteiger partial charge < -0.3 is 24.4 Å². The molecule has 2 atom stereocenters. The van der Waals surface area contributed by atoms with Crippen molar-refractivity contribution in [1.82, 2.24) is 4.90 Å². The molecule has 2 aliphatic heterocycles. The SMILES string of the molecule is COc1cc2c(c(OC)c1OC)C(C)(C[C@H]1CCCN1C)CN2. The molecule has 1 aromatic rings. The van der Waals surface area contributed by atoms with Crippen LogP contribution in [0.15, 0.2) is 6.07 Å². The van der Waals surface area contributed by atoms with Crippen molar-refractivity contribution in [3.63, 3.8) is 0 Å². The summed E-state index contributed by atoms with van der Waals surface area (Å²) in [6.07, 6.45) is 3.69. The van der Waals surface area contributed by atoms with E-state index in [0.29, 0.717) is 17.5 Å². The number of methoxy groups -OCH3 is 3. The first-order chi connectivity index (χ1) is 11.0. The highest BCUT2D eigenvalue weighted by atomic mass is 16.5. The van der Waals surface area contributed by atoms with Gasteiger partial charge in [0.1, 0.15) is 0 Å². The average molecular weight is 320 g/mol. The van der Waals surface area contributed by atoms with E-state index in [1.165, 1.54) is 24.9 Å². The van der Waals surface area contributed by atoms with Gasteiger partial charge in [0.05, 0.1) is 21.3 Å². The van der Waals surface area contributed by atoms with E-state index >= 15 is 0 Å². The number of nitrogens with one attached hydrogen (secondary N) is 1. The third kappa shape index (κ3) is 2.61. The molecule has 1 N–H and O–H groups in total. The monoisotopic (exact) mass is 320 g/mol. The maximum atomic E-state index is 5.75. The minimum absolute atomic E-state index is 0.0312. The molecule has 3 rings (SSSR count). The quantitative estimate of drug-likeness (QED) is 0.903. The molecule has 0 spiro atoms. The number of benzene rings is 1. The van der Waals surface area contributed by atoms with Crippen molar-refractivity contribution >= 4 is 5.69 Å². The Kier molecular flexibility index (Phi) is 4.32. The Balaban J connectivity index is 2.03. The van der Waals surface area contributed by atoms with Crippen LogP contribution in [0.4, 0.5) is 5.69 Å². The second-order valence-electron chi connectivity index (χ2n) is 6.96. The lowest BCUT2D eigenvalue weighted by Crippen LogP contribution is -2.35. The van der Waals surface area contributed by atoms with Gasteiger partial charge in [-0.25, -0.2) is 0 Å². The van der Waals surface area contributed by atoms with Crippen LogP contribution in [0.25, 0.3) is 0 Å². The van der Waals surface area contributed by atoms with Crippen LogP contribution in [0.5, 0.6) is 17.2 Å². The van der Waals surface area contributed by atoms with Crippen molar-refractivity contribution < 1.29 is 14.2 Å². The van der Waals surface area contributed by atoms with Gasteiger partial charge >= 0.3 is 0 Å². The summed E-state index contributed by atoms with van der Waals surface area (Å²) in [6, 6.07) is 2.66. The van der Waals surface area contributed by atoms with Crippen LogP contribution in [-0.4, -0.2) is 52.4 Å². The predicted octanol–water partition coefficient (Wildman–Crippen LogP) is 2.88. The molecule has 5 nitrogen and oxygen atoms in total. The van der Waals surface area contributed by atoms with Gasteiger partial charge in [-0.2, -0.15) is 0 Å². The Morgan fingerprint density at radius 3 is 2.52 bits per heavy atom. The van der Waals surface area contributed by atoms with Gasteiger partial charge in [0.25, 0.3) is 0 Å². The average Bonchev–Trinajstić information content (AvgIpc) is 3.10. The van der Waals surface area contributed by atoms with E-state index in [2.05, 4.69) is 24.2 Å². The van der Waals surface area contributed by atoms with Crippen molar-refractivity contribution in [2.45, 2.75) is 37.6 Å². The van der Waals surface area contributed by atoms with Crippen LogP contribution in [0.3, 0.4) is 0 Å². The second-order valence-corrected chi connectivity index (χ2v) is 6.96. The molecule has 1 unspecified atom stereocenters. The van der Waals surface area contributed by atoms with Crippen LogP contribution in [0.2, 0.25) is 0 Å². The van der Waals surface area contributed by atoms with Crippen LogP contribution in [-0.2, 0) is 5.41 Å². The molecule has 0 radical (unpaired) electrons. The fraction of sp³-hybridized carbons (Fsp3) is 0.667. The van der Waals surface area contributed by atoms with Crippen molar-refractivity contribution in [3.8, 4) is 17.2 Å². The molecule has 5 heteroatoms. The highest BCUT2D eigenvalue weighted by Gasteiger charge is 2.42. The van der Waals surface area contributed by atoms with Crippen molar-refractivity contribution in [2.24, 2.45) is 0 Å². The van der Waals surface area contributed by atoms with E-state index < -0.39 is 0 Å². The smallest absolute Gasteiger partial charge is 0.203 e. The molecular formula is C18H28N2O3. The molecule has 0 amide bonds. The Labute approximate surface area is 138 Å². The molecule has 0 saturated carbocycles. The lowest BCUT2D eigenvalue weighted by molar-refractivity contribution is 0.250. The van der Waals surface area contributed by atoms with E-state index in [4.69, 9.17) is 14.2 Å². The Morgan fingerprint density at radius 2 is 1.96 bits per heavy atom. The summed E-state index contributed by atoms with van der Waals surface area (Å²) >= 11 is 0. The summed E-state index contributed by atoms with van der Waals surface area (Å²) in [6.45, 7) is 4.44. The van der Waals surface area contributed by atoms with Gasteiger partial charge in [0.2, 0.25) is 5.75 Å². The molecule has 128 valence electrons. The minimum Gasteiger partial charge on any atom is -0.493 e. The van der Waals surface area contributed by atoms with E-state index in [1.807, 2.05) is 6.07 Å². The topological polar surface area (TPSA) is 43.0 Å². The van der Waals surface area contributed by atoms with Crippen LogP contribution in [0.1, 0.15) is 31.7 Å². The first-order valence-corrected chi connectivity index (χ1v) is 8.31. The number of likely N-dealkylation sites (tertiary alicyclic amines) is 1. The summed E-state index contributed by atoms with van der Waals surface area (Å²) in [5.41, 5.74) is 2.35. The number of fused-ring (bicyclic) bond motifs is 1. The van der Waals surface area contributed by atoms with E-state index in [-0.39, 0.29) is 5.41 Å². The van der Waals surface area contributed by atoms with E-state index in [9.17, 15) is 0 Å². The van der Waals surface area contributed by atoms with Crippen molar-refractivity contribution in [2.75, 3.05) is 46.8 Å². The molecule has 23 heavy (non-hydrogen) atoms.